The zero-order valence-corrected chi connectivity index (χ0v) is 21.1. The van der Waals surface area contributed by atoms with Gasteiger partial charge in [0.15, 0.2) is 0 Å². The Balaban J connectivity index is 1.71. The third-order valence-corrected chi connectivity index (χ3v) is 8.09. The molecule has 1 unspecified atom stereocenters. The molecular weight excluding hydrogens is 460 g/mol. The van der Waals surface area contributed by atoms with Gasteiger partial charge in [0.2, 0.25) is 0 Å². The molecule has 8 nitrogen and oxygen atoms in total. The summed E-state index contributed by atoms with van der Waals surface area (Å²) >= 11 is 2.64. The highest BCUT2D eigenvalue weighted by molar-refractivity contribution is 7.21. The maximum Gasteiger partial charge on any atom is 0.341 e. The van der Waals surface area contributed by atoms with Crippen LogP contribution in [0, 0.1) is 12.8 Å². The van der Waals surface area contributed by atoms with E-state index < -0.39 is 5.97 Å². The number of hydrogen-bond donors (Lipinski definition) is 2. The number of ether oxygens (including phenoxy) is 1. The molecular formula is C23H28N4O4S2. The number of rotatable bonds is 6. The molecule has 33 heavy (non-hydrogen) atoms. The Labute approximate surface area is 200 Å². The number of hydrogen-bond acceptors (Lipinski definition) is 8. The molecule has 3 aromatic heterocycles. The Morgan fingerprint density at radius 1 is 1.30 bits per heavy atom. The number of carbonyl (C=O) groups is 2. The van der Waals surface area contributed by atoms with Crippen LogP contribution in [0.4, 0.5) is 5.00 Å². The lowest BCUT2D eigenvalue weighted by Crippen LogP contribution is -2.18. The van der Waals surface area contributed by atoms with Crippen LogP contribution in [0.25, 0.3) is 10.2 Å². The average molecular weight is 489 g/mol. The van der Waals surface area contributed by atoms with Crippen molar-refractivity contribution in [2.24, 2.45) is 5.92 Å². The van der Waals surface area contributed by atoms with Gasteiger partial charge in [-0.05, 0) is 64.3 Å². The van der Waals surface area contributed by atoms with E-state index in [9.17, 15) is 14.4 Å². The first-order valence-corrected chi connectivity index (χ1v) is 12.6. The van der Waals surface area contributed by atoms with Crippen molar-refractivity contribution in [3.8, 4) is 0 Å². The standard InChI is InChI=1S/C23H28N4O4S2/c1-6-31-23(30)17-13-8-7-11(2)9-14(13)32-22(17)26-20(29)18-12(3)16-19(28)24-15(10-27(4)5)25-21(16)33-18/h11H,6-10H2,1-5H3,(H,26,29)(H,24,25,28). The molecule has 0 radical (unpaired) electrons. The van der Waals surface area contributed by atoms with Crippen LogP contribution in [0.15, 0.2) is 4.79 Å². The Morgan fingerprint density at radius 3 is 2.76 bits per heavy atom. The minimum absolute atomic E-state index is 0.252. The summed E-state index contributed by atoms with van der Waals surface area (Å²) in [5.41, 5.74) is 1.80. The highest BCUT2D eigenvalue weighted by Gasteiger charge is 2.30. The van der Waals surface area contributed by atoms with Gasteiger partial charge in [0.05, 0.1) is 29.0 Å². The van der Waals surface area contributed by atoms with Gasteiger partial charge >= 0.3 is 5.97 Å². The van der Waals surface area contributed by atoms with E-state index in [4.69, 9.17) is 4.74 Å². The van der Waals surface area contributed by atoms with Gasteiger partial charge in [-0.25, -0.2) is 9.78 Å². The molecule has 176 valence electrons. The summed E-state index contributed by atoms with van der Waals surface area (Å²) in [7, 11) is 3.79. The summed E-state index contributed by atoms with van der Waals surface area (Å²) in [6, 6.07) is 0. The van der Waals surface area contributed by atoms with Crippen molar-refractivity contribution in [3.63, 3.8) is 0 Å². The van der Waals surface area contributed by atoms with Crippen molar-refractivity contribution in [2.75, 3.05) is 26.0 Å². The van der Waals surface area contributed by atoms with E-state index in [1.807, 2.05) is 19.0 Å². The van der Waals surface area contributed by atoms with E-state index in [0.717, 1.165) is 29.7 Å². The first-order valence-electron chi connectivity index (χ1n) is 11.0. The second kappa shape index (κ2) is 9.36. The normalized spacial score (nSPS) is 15.6. The smallest absolute Gasteiger partial charge is 0.341 e. The van der Waals surface area contributed by atoms with Gasteiger partial charge in [-0.3, -0.25) is 9.59 Å². The molecule has 0 bridgehead atoms. The van der Waals surface area contributed by atoms with Gasteiger partial charge in [0.25, 0.3) is 11.5 Å². The molecule has 0 fully saturated rings. The molecule has 0 aromatic carbocycles. The molecule has 0 spiro atoms. The monoisotopic (exact) mass is 488 g/mol. The number of fused-ring (bicyclic) bond motifs is 2. The highest BCUT2D eigenvalue weighted by atomic mass is 32.1. The van der Waals surface area contributed by atoms with Crippen LogP contribution in [0.3, 0.4) is 0 Å². The Bertz CT molecular complexity index is 1290. The van der Waals surface area contributed by atoms with Crippen LogP contribution < -0.4 is 10.9 Å². The zero-order chi connectivity index (χ0) is 23.9. The van der Waals surface area contributed by atoms with Gasteiger partial charge in [-0.2, -0.15) is 0 Å². The number of aromatic nitrogens is 2. The highest BCUT2D eigenvalue weighted by Crippen LogP contribution is 2.40. The Kier molecular flexibility index (Phi) is 6.69. The summed E-state index contributed by atoms with van der Waals surface area (Å²) in [6.07, 6.45) is 2.69. The molecule has 1 atom stereocenters. The van der Waals surface area contributed by atoms with E-state index in [0.29, 0.717) is 49.5 Å². The van der Waals surface area contributed by atoms with Gasteiger partial charge < -0.3 is 19.9 Å². The number of anilines is 1. The Hall–Kier alpha value is -2.56. The summed E-state index contributed by atoms with van der Waals surface area (Å²) in [5.74, 6) is 0.338. The molecule has 4 rings (SSSR count). The summed E-state index contributed by atoms with van der Waals surface area (Å²) < 4.78 is 5.30. The van der Waals surface area contributed by atoms with Crippen LogP contribution in [0.5, 0.6) is 0 Å². The third kappa shape index (κ3) is 4.60. The quantitative estimate of drug-likeness (QED) is 0.509. The predicted molar refractivity (Wildman–Crippen MR) is 132 cm³/mol. The third-order valence-electron chi connectivity index (χ3n) is 5.74. The molecule has 3 heterocycles. The van der Waals surface area contributed by atoms with Crippen molar-refractivity contribution in [1.29, 1.82) is 0 Å². The Morgan fingerprint density at radius 2 is 2.06 bits per heavy atom. The maximum absolute atomic E-state index is 13.3. The molecule has 1 aliphatic carbocycles. The molecule has 3 aromatic rings. The lowest BCUT2D eigenvalue weighted by molar-refractivity contribution is 0.0526. The van der Waals surface area contributed by atoms with E-state index in [1.165, 1.54) is 22.7 Å². The van der Waals surface area contributed by atoms with E-state index in [2.05, 4.69) is 22.2 Å². The van der Waals surface area contributed by atoms with Crippen molar-refractivity contribution in [2.45, 2.75) is 46.6 Å². The number of H-pyrrole nitrogens is 1. The van der Waals surface area contributed by atoms with Gasteiger partial charge in [0.1, 0.15) is 15.7 Å². The van der Waals surface area contributed by atoms with Crippen molar-refractivity contribution < 1.29 is 14.3 Å². The number of nitrogens with one attached hydrogen (secondary N) is 2. The molecule has 1 aliphatic rings. The van der Waals surface area contributed by atoms with Crippen molar-refractivity contribution in [1.82, 2.24) is 14.9 Å². The first-order chi connectivity index (χ1) is 15.7. The minimum atomic E-state index is -0.403. The maximum atomic E-state index is 13.3. The van der Waals surface area contributed by atoms with Gasteiger partial charge in [0, 0.05) is 4.88 Å². The fraction of sp³-hybridized carbons (Fsp3) is 0.478. The largest absolute Gasteiger partial charge is 0.462 e. The molecule has 0 saturated carbocycles. The zero-order valence-electron chi connectivity index (χ0n) is 19.5. The average Bonchev–Trinajstić information content (AvgIpc) is 3.24. The molecule has 0 aliphatic heterocycles. The van der Waals surface area contributed by atoms with Gasteiger partial charge in [-0.15, -0.1) is 22.7 Å². The molecule has 0 saturated heterocycles. The van der Waals surface area contributed by atoms with Crippen LogP contribution in [0.1, 0.15) is 62.1 Å². The van der Waals surface area contributed by atoms with E-state index in [1.54, 1.807) is 13.8 Å². The number of esters is 1. The lowest BCUT2D eigenvalue weighted by atomic mass is 9.88. The van der Waals surface area contributed by atoms with Gasteiger partial charge in [-0.1, -0.05) is 6.92 Å². The van der Waals surface area contributed by atoms with Crippen LogP contribution in [-0.2, 0) is 24.1 Å². The molecule has 10 heteroatoms. The second-order valence-corrected chi connectivity index (χ2v) is 10.8. The number of carbonyl (C=O) groups excluding carboxylic acids is 2. The van der Waals surface area contributed by atoms with Crippen molar-refractivity contribution >= 4 is 49.8 Å². The van der Waals surface area contributed by atoms with Crippen molar-refractivity contribution in [3.05, 3.63) is 42.6 Å². The lowest BCUT2D eigenvalue weighted by Gasteiger charge is -2.18. The predicted octanol–water partition coefficient (Wildman–Crippen LogP) is 3.97. The number of aryl methyl sites for hydroxylation is 1. The second-order valence-electron chi connectivity index (χ2n) is 8.72. The summed E-state index contributed by atoms with van der Waals surface area (Å²) in [4.78, 5) is 50.1. The summed E-state index contributed by atoms with van der Waals surface area (Å²) in [5, 5.41) is 3.89. The topological polar surface area (TPSA) is 104 Å². The SMILES string of the molecule is CCOC(=O)c1c(NC(=O)c2sc3nc(CN(C)C)[nH]c(=O)c3c2C)sc2c1CCC(C)C2. The molecule has 1 amide bonds. The van der Waals surface area contributed by atoms with E-state index in [-0.39, 0.29) is 18.1 Å². The minimum Gasteiger partial charge on any atom is -0.462 e. The molecule has 2 N–H and O–H groups in total. The van der Waals surface area contributed by atoms with E-state index >= 15 is 0 Å². The fourth-order valence-electron chi connectivity index (χ4n) is 4.20. The number of thiophene rings is 2. The van der Waals surface area contributed by atoms with Crippen LogP contribution in [0.2, 0.25) is 0 Å². The fourth-order valence-corrected chi connectivity index (χ4v) is 6.69. The summed E-state index contributed by atoms with van der Waals surface area (Å²) in [6.45, 7) is 6.48. The number of amides is 1. The number of nitrogens with zero attached hydrogens (tertiary/aromatic N) is 2. The van der Waals surface area contributed by atoms with Crippen LogP contribution in [-0.4, -0.2) is 47.4 Å². The first kappa shape index (κ1) is 23.6. The number of aromatic amines is 1. The van der Waals surface area contributed by atoms with Crippen LogP contribution >= 0.6 is 22.7 Å².